The van der Waals surface area contributed by atoms with Gasteiger partial charge in [-0.15, -0.1) is 0 Å². The Kier molecular flexibility index (Phi) is 15.1. The van der Waals surface area contributed by atoms with E-state index < -0.39 is 5.97 Å². The van der Waals surface area contributed by atoms with Gasteiger partial charge in [-0.25, -0.2) is 0 Å². The molecule has 3 radical (unpaired) electrons. The molecule has 20 heavy (non-hydrogen) atoms. The quantitative estimate of drug-likeness (QED) is 0.234. The van der Waals surface area contributed by atoms with Crippen LogP contribution >= 0.6 is 0 Å². The van der Waals surface area contributed by atoms with Crippen molar-refractivity contribution in [2.24, 2.45) is 0 Å². The molecule has 0 aromatic heterocycles. The predicted molar refractivity (Wildman–Crippen MR) is 85.1 cm³/mol. The van der Waals surface area contributed by atoms with E-state index in [1.54, 1.807) is 22.5 Å². The third kappa shape index (κ3) is 10.4. The number of hydrogen-bond acceptors (Lipinski definition) is 3. The molecule has 0 rings (SSSR count). The molecule has 0 spiro atoms. The zero-order chi connectivity index (χ0) is 15.1. The first-order valence-electron chi connectivity index (χ1n) is 8.31. The second kappa shape index (κ2) is 14.6. The first-order chi connectivity index (χ1) is 9.74. The second-order valence-electron chi connectivity index (χ2n) is 5.14. The van der Waals surface area contributed by atoms with Gasteiger partial charge in [0.25, 0.3) is 0 Å². The summed E-state index contributed by atoms with van der Waals surface area (Å²) >= 11 is 1.57. The van der Waals surface area contributed by atoms with Gasteiger partial charge in [-0.3, -0.25) is 0 Å². The summed E-state index contributed by atoms with van der Waals surface area (Å²) in [6.45, 7) is 8.72. The monoisotopic (exact) mass is 393 g/mol. The summed E-state index contributed by atoms with van der Waals surface area (Å²) in [5, 5.41) is 0. The summed E-state index contributed by atoms with van der Waals surface area (Å²) in [7, 11) is 0. The van der Waals surface area contributed by atoms with Crippen LogP contribution in [0.4, 0.5) is 0 Å². The Morgan fingerprint density at radius 3 is 1.40 bits per heavy atom. The molecule has 119 valence electrons. The van der Waals surface area contributed by atoms with Gasteiger partial charge in [-0.1, -0.05) is 0 Å². The summed E-state index contributed by atoms with van der Waals surface area (Å²) in [6, 6.07) is 0. The van der Waals surface area contributed by atoms with Crippen LogP contribution in [0.2, 0.25) is 4.44 Å². The van der Waals surface area contributed by atoms with E-state index in [4.69, 9.17) is 14.2 Å². The molecule has 0 aromatic rings. The Morgan fingerprint density at radius 1 is 0.700 bits per heavy atom. The average Bonchev–Trinajstić information content (AvgIpc) is 2.46. The van der Waals surface area contributed by atoms with Crippen molar-refractivity contribution in [3.05, 3.63) is 0 Å². The van der Waals surface area contributed by atoms with Crippen LogP contribution in [0.15, 0.2) is 0 Å². The Balaban J connectivity index is 4.48. The van der Waals surface area contributed by atoms with Crippen molar-refractivity contribution in [3.63, 3.8) is 0 Å². The fraction of sp³-hybridized carbons (Fsp3) is 1.00. The van der Waals surface area contributed by atoms with Crippen LogP contribution in [0.25, 0.3) is 0 Å². The minimum atomic E-state index is -0.782. The second-order valence-corrected chi connectivity index (χ2v) is 6.57. The van der Waals surface area contributed by atoms with E-state index in [1.165, 1.54) is 4.44 Å². The van der Waals surface area contributed by atoms with Crippen molar-refractivity contribution < 1.29 is 14.2 Å². The van der Waals surface area contributed by atoms with Crippen molar-refractivity contribution in [3.8, 4) is 0 Å². The fourth-order valence-corrected chi connectivity index (χ4v) is 2.27. The number of rotatable bonds is 15. The Labute approximate surface area is 139 Å². The van der Waals surface area contributed by atoms with Crippen LogP contribution in [0.3, 0.4) is 0 Å². The Morgan fingerprint density at radius 2 is 1.10 bits per heavy atom. The zero-order valence-electron chi connectivity index (χ0n) is 13.7. The van der Waals surface area contributed by atoms with Crippen LogP contribution < -0.4 is 0 Å². The van der Waals surface area contributed by atoms with Crippen molar-refractivity contribution in [2.75, 3.05) is 19.8 Å². The van der Waals surface area contributed by atoms with Crippen LogP contribution in [0, 0.1) is 0 Å². The van der Waals surface area contributed by atoms with E-state index in [0.29, 0.717) is 0 Å². The molecule has 0 saturated carbocycles. The van der Waals surface area contributed by atoms with Crippen molar-refractivity contribution in [1.29, 1.82) is 0 Å². The summed E-state index contributed by atoms with van der Waals surface area (Å²) < 4.78 is 19.3. The van der Waals surface area contributed by atoms with Crippen LogP contribution in [-0.2, 0) is 14.2 Å². The van der Waals surface area contributed by atoms with Crippen LogP contribution in [0.1, 0.15) is 72.1 Å². The van der Waals surface area contributed by atoms with E-state index in [1.807, 2.05) is 0 Å². The van der Waals surface area contributed by atoms with Crippen LogP contribution in [0.5, 0.6) is 0 Å². The maximum absolute atomic E-state index is 6.03. The van der Waals surface area contributed by atoms with E-state index in [0.717, 1.165) is 71.2 Å². The molecule has 0 atom stereocenters. The van der Waals surface area contributed by atoms with E-state index >= 15 is 0 Å². The molecule has 0 fully saturated rings. The minimum absolute atomic E-state index is 0.728. The Hall–Kier alpha value is 0.679. The molecule has 0 aromatic carbocycles. The standard InChI is InChI=1S/C16H33O3.Sn/c1-5-9-13-17-16(12-8-4,18-14-10-6-2)19-15-11-7-3;/h4-15H2,1-3H3;. The summed E-state index contributed by atoms with van der Waals surface area (Å²) in [5.74, 6) is -0.782. The number of unbranched alkanes of at least 4 members (excludes halogenated alkanes) is 3. The van der Waals surface area contributed by atoms with Crippen molar-refractivity contribution in [1.82, 2.24) is 0 Å². The van der Waals surface area contributed by atoms with Gasteiger partial charge in [0, 0.05) is 0 Å². The SMILES string of the molecule is CCCCOC(CC[CH2][Sn])(OCCCC)OCCCC. The number of hydrogen-bond donors (Lipinski definition) is 0. The fourth-order valence-electron chi connectivity index (χ4n) is 1.76. The topological polar surface area (TPSA) is 27.7 Å². The van der Waals surface area contributed by atoms with Gasteiger partial charge < -0.3 is 0 Å². The molecule has 0 aliphatic rings. The van der Waals surface area contributed by atoms with Gasteiger partial charge in [-0.2, -0.15) is 0 Å². The summed E-state index contributed by atoms with van der Waals surface area (Å²) in [5.41, 5.74) is 0. The predicted octanol–water partition coefficient (Wildman–Crippen LogP) is 4.46. The average molecular weight is 392 g/mol. The van der Waals surface area contributed by atoms with Crippen molar-refractivity contribution in [2.45, 2.75) is 82.5 Å². The van der Waals surface area contributed by atoms with E-state index in [2.05, 4.69) is 20.8 Å². The molecule has 0 unspecified atom stereocenters. The molecule has 0 heterocycles. The third-order valence-corrected chi connectivity index (χ3v) is 4.13. The molecular formula is C16H33O3Sn. The molecule has 0 aliphatic heterocycles. The van der Waals surface area contributed by atoms with Gasteiger partial charge >= 0.3 is 139 Å². The van der Waals surface area contributed by atoms with Gasteiger partial charge in [0.2, 0.25) is 0 Å². The first-order valence-corrected chi connectivity index (χ1v) is 10.3. The first kappa shape index (κ1) is 20.7. The van der Waals surface area contributed by atoms with Crippen molar-refractivity contribution >= 4 is 22.5 Å². The molecule has 3 nitrogen and oxygen atoms in total. The summed E-state index contributed by atoms with van der Waals surface area (Å²) in [4.78, 5) is 0. The summed E-state index contributed by atoms with van der Waals surface area (Å²) in [6.07, 6.45) is 8.57. The molecule has 4 heteroatoms. The van der Waals surface area contributed by atoms with Gasteiger partial charge in [0.15, 0.2) is 0 Å². The third-order valence-electron chi connectivity index (χ3n) is 3.12. The van der Waals surface area contributed by atoms with Crippen LogP contribution in [-0.4, -0.2) is 48.3 Å². The van der Waals surface area contributed by atoms with Gasteiger partial charge in [0.1, 0.15) is 0 Å². The normalized spacial score (nSPS) is 12.0. The number of ether oxygens (including phenoxy) is 3. The molecule has 0 bridgehead atoms. The van der Waals surface area contributed by atoms with Gasteiger partial charge in [-0.05, 0) is 0 Å². The maximum atomic E-state index is 6.03. The molecule has 0 N–H and O–H groups in total. The Bertz CT molecular complexity index is 174. The van der Waals surface area contributed by atoms with E-state index in [-0.39, 0.29) is 0 Å². The van der Waals surface area contributed by atoms with Gasteiger partial charge in [0.05, 0.1) is 0 Å². The molecule has 0 saturated heterocycles. The zero-order valence-corrected chi connectivity index (χ0v) is 16.6. The molecule has 0 amide bonds. The molecule has 0 aliphatic carbocycles. The van der Waals surface area contributed by atoms with E-state index in [9.17, 15) is 0 Å². The molecular weight excluding hydrogens is 359 g/mol.